The largest absolute Gasteiger partial charge is 0.493 e. The van der Waals surface area contributed by atoms with Crippen LogP contribution in [0.25, 0.3) is 27.5 Å². The number of anilines is 1. The molecule has 3 heterocycles. The van der Waals surface area contributed by atoms with E-state index in [-0.39, 0.29) is 35.2 Å². The van der Waals surface area contributed by atoms with Gasteiger partial charge in [-0.2, -0.15) is 5.10 Å². The number of methoxy groups -OCH3 is 1. The predicted octanol–water partition coefficient (Wildman–Crippen LogP) is 8.50. The van der Waals surface area contributed by atoms with E-state index in [4.69, 9.17) is 36.3 Å². The van der Waals surface area contributed by atoms with Crippen molar-refractivity contribution in [3.05, 3.63) is 118 Å². The van der Waals surface area contributed by atoms with E-state index in [0.29, 0.717) is 39.7 Å². The molecule has 0 atom stereocenters. The van der Waals surface area contributed by atoms with E-state index in [1.165, 1.54) is 44.3 Å². The van der Waals surface area contributed by atoms with Gasteiger partial charge in [-0.1, -0.05) is 35.9 Å². The van der Waals surface area contributed by atoms with Crippen LogP contribution in [0.15, 0.2) is 102 Å². The number of nitrogens with two attached hydrogens (primary N) is 1. The Balaban J connectivity index is 0.000000234. The third-order valence-electron chi connectivity index (χ3n) is 7.96. The molecule has 0 bridgehead atoms. The number of hydrogen-bond donors (Lipinski definition) is 1. The maximum absolute atomic E-state index is 14.0. The molecule has 2 aromatic heterocycles. The number of rotatable bonds is 9. The summed E-state index contributed by atoms with van der Waals surface area (Å²) in [6.07, 6.45) is 4.84. The lowest BCUT2D eigenvalue weighted by atomic mass is 10.2. The van der Waals surface area contributed by atoms with E-state index in [1.54, 1.807) is 36.1 Å². The summed E-state index contributed by atoms with van der Waals surface area (Å²) >= 11 is 10.5. The highest BCUT2D eigenvalue weighted by atomic mass is 35.5. The second-order valence-electron chi connectivity index (χ2n) is 11.4. The highest BCUT2D eigenvalue weighted by molar-refractivity contribution is 6.54. The van der Waals surface area contributed by atoms with Crippen LogP contribution in [0, 0.1) is 5.82 Å². The van der Waals surface area contributed by atoms with Gasteiger partial charge in [0, 0.05) is 41.2 Å². The van der Waals surface area contributed by atoms with Crippen LogP contribution < -0.4 is 25.4 Å². The molecule has 7 rings (SSSR count). The Kier molecular flexibility index (Phi) is 15.0. The van der Waals surface area contributed by atoms with Crippen LogP contribution in [-0.2, 0) is 4.79 Å². The Bertz CT molecular complexity index is 2160. The van der Waals surface area contributed by atoms with Crippen LogP contribution in [0.4, 0.5) is 10.1 Å². The average molecular weight is 769 g/mol. The average Bonchev–Trinajstić information content (AvgIpc) is 3.66. The van der Waals surface area contributed by atoms with Crippen LogP contribution in [-0.4, -0.2) is 58.8 Å². The Labute approximate surface area is 316 Å². The molecule has 0 radical (unpaired) electrons. The molecule has 0 spiro atoms. The zero-order valence-corrected chi connectivity index (χ0v) is 30.5. The van der Waals surface area contributed by atoms with Crippen molar-refractivity contribution in [2.75, 3.05) is 39.1 Å². The number of nitrogens with zero attached hydrogens (tertiary/aromatic N) is 4. The number of halogens is 4. The van der Waals surface area contributed by atoms with Crippen molar-refractivity contribution in [1.29, 1.82) is 0 Å². The summed E-state index contributed by atoms with van der Waals surface area (Å²) in [6, 6.07) is 26.3. The molecule has 14 heteroatoms. The first-order valence-electron chi connectivity index (χ1n) is 16.1. The van der Waals surface area contributed by atoms with E-state index in [1.807, 2.05) is 54.6 Å². The van der Waals surface area contributed by atoms with E-state index in [0.717, 1.165) is 29.6 Å². The van der Waals surface area contributed by atoms with Crippen LogP contribution in [0.5, 0.6) is 23.1 Å². The van der Waals surface area contributed by atoms with Gasteiger partial charge in [0.15, 0.2) is 23.1 Å². The second kappa shape index (κ2) is 19.6. The number of para-hydroxylation sites is 2. The smallest absolute Gasteiger partial charge is 0.219 e. The number of hydrogen-bond acceptors (Lipinski definition) is 9. The number of fused-ring (bicyclic) bond motifs is 2. The van der Waals surface area contributed by atoms with Crippen molar-refractivity contribution in [2.45, 2.75) is 19.3 Å². The number of ether oxygens (including phenoxy) is 3. The van der Waals surface area contributed by atoms with Crippen molar-refractivity contribution in [3.63, 3.8) is 0 Å². The Morgan fingerprint density at radius 2 is 1.67 bits per heavy atom. The molecule has 2 N–H and O–H groups in total. The minimum Gasteiger partial charge on any atom is -0.493 e. The zero-order chi connectivity index (χ0) is 36.2. The summed E-state index contributed by atoms with van der Waals surface area (Å²) in [5, 5.41) is 6.26. The SMILES string of the molecule is COc1cc2ccc(Oc3ccc(N)cc3F)nc2cc1OCCCN1CCCC1.Cl.O=CCl.O=c1cnn(-c2ccccc2Cl)c2ccccc12. The van der Waals surface area contributed by atoms with Crippen molar-refractivity contribution >= 4 is 68.8 Å². The molecule has 1 fully saturated rings. The molecule has 10 nitrogen and oxygen atoms in total. The fourth-order valence-corrected chi connectivity index (χ4v) is 5.77. The Morgan fingerprint density at radius 3 is 2.40 bits per heavy atom. The molecule has 0 aliphatic carbocycles. The summed E-state index contributed by atoms with van der Waals surface area (Å²) < 4.78 is 32.8. The van der Waals surface area contributed by atoms with Crippen LogP contribution in [0.3, 0.4) is 0 Å². The third kappa shape index (κ3) is 10.3. The van der Waals surface area contributed by atoms with E-state index in [2.05, 4.69) is 26.6 Å². The van der Waals surface area contributed by atoms with Crippen molar-refractivity contribution in [3.8, 4) is 28.8 Å². The molecule has 0 unspecified atom stereocenters. The summed E-state index contributed by atoms with van der Waals surface area (Å²) in [7, 11) is 1.62. The predicted molar refractivity (Wildman–Crippen MR) is 207 cm³/mol. The zero-order valence-electron chi connectivity index (χ0n) is 28.2. The molecule has 0 saturated carbocycles. The van der Waals surface area contributed by atoms with Gasteiger partial charge in [0.2, 0.25) is 17.1 Å². The number of aromatic nitrogens is 3. The van der Waals surface area contributed by atoms with Gasteiger partial charge in [-0.15, -0.1) is 12.4 Å². The van der Waals surface area contributed by atoms with Gasteiger partial charge < -0.3 is 24.8 Å². The standard InChI is InChI=1S/C23H26FN3O3.C14H9ClN2O.CHClO.ClH/c1-28-21-13-16-5-8-23(30-20-7-6-17(25)14-18(20)24)26-19(16)15-22(21)29-12-4-11-27-9-2-3-10-27;15-11-6-2-4-8-13(11)17-12-7-3-1-5-10(12)14(18)9-16-17;2-1-3;/h5-8,13-15H,2-4,9-12,25H2,1H3;1-9H;1H;1H. The second-order valence-corrected chi connectivity index (χ2v) is 12.0. The van der Waals surface area contributed by atoms with Gasteiger partial charge >= 0.3 is 0 Å². The topological polar surface area (TPSA) is 122 Å². The van der Waals surface area contributed by atoms with Crippen LogP contribution >= 0.6 is 35.6 Å². The van der Waals surface area contributed by atoms with Crippen molar-refractivity contribution < 1.29 is 23.4 Å². The van der Waals surface area contributed by atoms with Crippen molar-refractivity contribution in [1.82, 2.24) is 19.7 Å². The summed E-state index contributed by atoms with van der Waals surface area (Å²) in [5.74, 6) is 1.34. The molecular formula is C38H37Cl3FN5O5. The lowest BCUT2D eigenvalue weighted by molar-refractivity contribution is 0.254. The number of carbonyl (C=O) groups excluding carboxylic acids is 1. The van der Waals surface area contributed by atoms with Crippen molar-refractivity contribution in [2.24, 2.45) is 0 Å². The van der Waals surface area contributed by atoms with E-state index in [9.17, 15) is 9.18 Å². The Morgan fingerprint density at radius 1 is 0.942 bits per heavy atom. The fraction of sp³-hybridized carbons (Fsp3) is 0.211. The van der Waals surface area contributed by atoms with Gasteiger partial charge in [-0.25, -0.2) is 14.1 Å². The summed E-state index contributed by atoms with van der Waals surface area (Å²) in [5.41, 5.74) is 8.02. The highest BCUT2D eigenvalue weighted by Crippen LogP contribution is 2.34. The molecule has 1 saturated heterocycles. The number of likely N-dealkylation sites (tertiary alicyclic amines) is 1. The quantitative estimate of drug-likeness (QED) is 0.0668. The molecule has 6 aromatic rings. The van der Waals surface area contributed by atoms with Crippen LogP contribution in [0.1, 0.15) is 19.3 Å². The maximum atomic E-state index is 14.0. The molecule has 272 valence electrons. The number of carbonyl (C=O) groups is 1. The number of benzene rings is 4. The Hall–Kier alpha value is -4.94. The first-order chi connectivity index (χ1) is 24.8. The molecular weight excluding hydrogens is 732 g/mol. The van der Waals surface area contributed by atoms with Gasteiger partial charge in [-0.3, -0.25) is 9.59 Å². The van der Waals surface area contributed by atoms with Crippen LogP contribution in [0.2, 0.25) is 5.02 Å². The van der Waals surface area contributed by atoms with Gasteiger partial charge in [0.05, 0.1) is 41.7 Å². The fourth-order valence-electron chi connectivity index (χ4n) is 5.55. The van der Waals surface area contributed by atoms with E-state index >= 15 is 0 Å². The van der Waals surface area contributed by atoms with E-state index < -0.39 is 5.82 Å². The molecule has 52 heavy (non-hydrogen) atoms. The number of pyridine rings is 1. The number of nitrogen functional groups attached to an aromatic ring is 1. The van der Waals surface area contributed by atoms with Gasteiger partial charge in [0.1, 0.15) is 0 Å². The first kappa shape index (κ1) is 39.8. The highest BCUT2D eigenvalue weighted by Gasteiger charge is 2.13. The lowest BCUT2D eigenvalue weighted by Crippen LogP contribution is -2.21. The molecule has 0 amide bonds. The summed E-state index contributed by atoms with van der Waals surface area (Å²) in [6.45, 7) is 4.01. The lowest BCUT2D eigenvalue weighted by Gasteiger charge is -2.16. The van der Waals surface area contributed by atoms with Gasteiger partial charge in [-0.05, 0) is 92.5 Å². The third-order valence-corrected chi connectivity index (χ3v) is 8.28. The molecule has 4 aromatic carbocycles. The van der Waals surface area contributed by atoms with Gasteiger partial charge in [0.25, 0.3) is 0 Å². The first-order valence-corrected chi connectivity index (χ1v) is 17.0. The minimum absolute atomic E-state index is 0. The summed E-state index contributed by atoms with van der Waals surface area (Å²) in [4.78, 5) is 27.3. The monoisotopic (exact) mass is 767 g/mol. The molecule has 1 aliphatic heterocycles. The normalized spacial score (nSPS) is 12.2. The molecule has 1 aliphatic rings. The maximum Gasteiger partial charge on any atom is 0.219 e. The minimum atomic E-state index is -0.534.